The fourth-order valence-corrected chi connectivity index (χ4v) is 3.59. The maximum atomic E-state index is 12.4. The van der Waals surface area contributed by atoms with Gasteiger partial charge in [0.05, 0.1) is 11.9 Å². The number of hydrogen-bond donors (Lipinski definition) is 1. The van der Waals surface area contributed by atoms with Crippen molar-refractivity contribution >= 4 is 27.3 Å². The molecule has 3 rings (SSSR count). The number of carbonyl (C=O) groups is 1. The molecule has 0 saturated heterocycles. The molecule has 7 nitrogen and oxygen atoms in total. The number of amides is 1. The summed E-state index contributed by atoms with van der Waals surface area (Å²) >= 11 is 0. The van der Waals surface area contributed by atoms with Gasteiger partial charge in [-0.3, -0.25) is 9.10 Å². The largest absolute Gasteiger partial charge is 0.454 e. The molecule has 1 amide bonds. The maximum Gasteiger partial charge on any atom is 0.245 e. The Morgan fingerprint density at radius 2 is 1.78 bits per heavy atom. The lowest BCUT2D eigenvalue weighted by atomic mass is 10.0. The summed E-state index contributed by atoms with van der Waals surface area (Å²) in [6.07, 6.45) is 1.08. The minimum atomic E-state index is -3.62. The van der Waals surface area contributed by atoms with Gasteiger partial charge >= 0.3 is 0 Å². The molecule has 0 unspecified atom stereocenters. The fourth-order valence-electron chi connectivity index (χ4n) is 2.73. The van der Waals surface area contributed by atoms with E-state index in [1.54, 1.807) is 30.3 Å². The number of anilines is 2. The first kappa shape index (κ1) is 19.0. The molecule has 1 aliphatic rings. The second-order valence-corrected chi connectivity index (χ2v) is 8.54. The molecule has 0 saturated carbocycles. The molecule has 0 aliphatic carbocycles. The first-order valence-corrected chi connectivity index (χ1v) is 10.4. The topological polar surface area (TPSA) is 84.9 Å². The van der Waals surface area contributed by atoms with Gasteiger partial charge in [-0.2, -0.15) is 0 Å². The summed E-state index contributed by atoms with van der Waals surface area (Å²) in [5, 5.41) is 2.69. The third-order valence-corrected chi connectivity index (χ3v) is 5.33. The lowest BCUT2D eigenvalue weighted by Crippen LogP contribution is -2.37. The number of nitrogens with one attached hydrogen (secondary N) is 1. The minimum absolute atomic E-state index is 0.140. The van der Waals surface area contributed by atoms with Crippen molar-refractivity contribution in [2.45, 2.75) is 19.8 Å². The second kappa shape index (κ2) is 7.48. The Hall–Kier alpha value is -2.74. The smallest absolute Gasteiger partial charge is 0.245 e. The molecule has 1 N–H and O–H groups in total. The van der Waals surface area contributed by atoms with Crippen LogP contribution in [-0.4, -0.2) is 33.9 Å². The number of hydrogen-bond acceptors (Lipinski definition) is 5. The Morgan fingerprint density at radius 1 is 1.11 bits per heavy atom. The summed E-state index contributed by atoms with van der Waals surface area (Å²) in [5.74, 6) is 1.03. The zero-order chi connectivity index (χ0) is 19.6. The number of fused-ring (bicyclic) bond motifs is 1. The SMILES string of the molecule is CC(C)c1ccc(N(CC(=O)Nc2ccc3c(c2)OCO3)S(C)(=O)=O)cc1. The highest BCUT2D eigenvalue weighted by atomic mass is 32.2. The third kappa shape index (κ3) is 4.51. The molecular weight excluding hydrogens is 368 g/mol. The number of rotatable bonds is 6. The van der Waals surface area contributed by atoms with E-state index in [0.717, 1.165) is 16.1 Å². The quantitative estimate of drug-likeness (QED) is 0.820. The van der Waals surface area contributed by atoms with Gasteiger partial charge in [-0.05, 0) is 35.7 Å². The van der Waals surface area contributed by atoms with E-state index < -0.39 is 15.9 Å². The monoisotopic (exact) mass is 390 g/mol. The van der Waals surface area contributed by atoms with Gasteiger partial charge in [0, 0.05) is 11.8 Å². The van der Waals surface area contributed by atoms with Crippen molar-refractivity contribution in [3.05, 3.63) is 48.0 Å². The molecule has 2 aromatic carbocycles. The van der Waals surface area contributed by atoms with Crippen LogP contribution in [0.5, 0.6) is 11.5 Å². The van der Waals surface area contributed by atoms with Crippen molar-refractivity contribution in [1.29, 1.82) is 0 Å². The molecule has 0 atom stereocenters. The van der Waals surface area contributed by atoms with Crippen LogP contribution in [0.2, 0.25) is 0 Å². The van der Waals surface area contributed by atoms with E-state index in [9.17, 15) is 13.2 Å². The van der Waals surface area contributed by atoms with Crippen LogP contribution in [0.4, 0.5) is 11.4 Å². The molecule has 0 bridgehead atoms. The average molecular weight is 390 g/mol. The van der Waals surface area contributed by atoms with Crippen molar-refractivity contribution in [3.8, 4) is 11.5 Å². The van der Waals surface area contributed by atoms with E-state index in [4.69, 9.17) is 9.47 Å². The molecule has 1 aliphatic heterocycles. The van der Waals surface area contributed by atoms with E-state index in [1.807, 2.05) is 12.1 Å². The molecule has 0 aromatic heterocycles. The predicted molar refractivity (Wildman–Crippen MR) is 104 cm³/mol. The summed E-state index contributed by atoms with van der Waals surface area (Å²) in [6.45, 7) is 3.93. The summed E-state index contributed by atoms with van der Waals surface area (Å²) < 4.78 is 36.0. The van der Waals surface area contributed by atoms with E-state index in [1.165, 1.54) is 0 Å². The predicted octanol–water partition coefficient (Wildman–Crippen LogP) is 2.94. The van der Waals surface area contributed by atoms with Crippen LogP contribution in [0.15, 0.2) is 42.5 Å². The molecule has 0 spiro atoms. The van der Waals surface area contributed by atoms with Crippen molar-refractivity contribution in [2.75, 3.05) is 29.2 Å². The Bertz CT molecular complexity index is 939. The zero-order valence-corrected chi connectivity index (χ0v) is 16.2. The number of ether oxygens (including phenoxy) is 2. The van der Waals surface area contributed by atoms with Gasteiger partial charge in [-0.15, -0.1) is 0 Å². The standard InChI is InChI=1S/C19H22N2O5S/c1-13(2)14-4-7-16(8-5-14)21(27(3,23)24)11-19(22)20-15-6-9-17-18(10-15)26-12-25-17/h4-10,13H,11-12H2,1-3H3,(H,20,22). The van der Waals surface area contributed by atoms with Gasteiger partial charge < -0.3 is 14.8 Å². The Labute approximate surface area is 158 Å². The van der Waals surface area contributed by atoms with E-state index in [0.29, 0.717) is 28.8 Å². The first-order chi connectivity index (χ1) is 12.7. The van der Waals surface area contributed by atoms with Crippen LogP contribution >= 0.6 is 0 Å². The van der Waals surface area contributed by atoms with Crippen molar-refractivity contribution in [1.82, 2.24) is 0 Å². The van der Waals surface area contributed by atoms with E-state index >= 15 is 0 Å². The molecule has 8 heteroatoms. The lowest BCUT2D eigenvalue weighted by Gasteiger charge is -2.22. The summed E-state index contributed by atoms with van der Waals surface area (Å²) in [5.41, 5.74) is 2.05. The average Bonchev–Trinajstić information content (AvgIpc) is 3.06. The van der Waals surface area contributed by atoms with Crippen molar-refractivity contribution < 1.29 is 22.7 Å². The molecule has 27 heavy (non-hydrogen) atoms. The van der Waals surface area contributed by atoms with Gasteiger partial charge in [0.15, 0.2) is 11.5 Å². The highest BCUT2D eigenvalue weighted by molar-refractivity contribution is 7.92. The molecule has 144 valence electrons. The zero-order valence-electron chi connectivity index (χ0n) is 15.4. The van der Waals surface area contributed by atoms with Gasteiger partial charge in [0.2, 0.25) is 22.7 Å². The number of carbonyl (C=O) groups excluding carboxylic acids is 1. The third-order valence-electron chi connectivity index (χ3n) is 4.19. The van der Waals surface area contributed by atoms with Crippen LogP contribution in [0, 0.1) is 0 Å². The van der Waals surface area contributed by atoms with Gasteiger partial charge in [0.1, 0.15) is 6.54 Å². The first-order valence-electron chi connectivity index (χ1n) is 8.51. The Kier molecular flexibility index (Phi) is 5.27. The van der Waals surface area contributed by atoms with Crippen LogP contribution in [-0.2, 0) is 14.8 Å². The van der Waals surface area contributed by atoms with Gasteiger partial charge in [-0.25, -0.2) is 8.42 Å². The van der Waals surface area contributed by atoms with Gasteiger partial charge in [-0.1, -0.05) is 26.0 Å². The number of benzene rings is 2. The lowest BCUT2D eigenvalue weighted by molar-refractivity contribution is -0.114. The number of nitrogens with zero attached hydrogens (tertiary/aromatic N) is 1. The van der Waals surface area contributed by atoms with Crippen LogP contribution in [0.1, 0.15) is 25.3 Å². The highest BCUT2D eigenvalue weighted by Gasteiger charge is 2.22. The van der Waals surface area contributed by atoms with Crippen LogP contribution in [0.3, 0.4) is 0 Å². The summed E-state index contributed by atoms with van der Waals surface area (Å²) in [6, 6.07) is 12.2. The number of sulfonamides is 1. The summed E-state index contributed by atoms with van der Waals surface area (Å²) in [7, 11) is -3.62. The van der Waals surface area contributed by atoms with Crippen molar-refractivity contribution in [3.63, 3.8) is 0 Å². The Morgan fingerprint density at radius 3 is 2.41 bits per heavy atom. The fraction of sp³-hybridized carbons (Fsp3) is 0.316. The van der Waals surface area contributed by atoms with E-state index in [-0.39, 0.29) is 13.3 Å². The molecule has 1 heterocycles. The Balaban J connectivity index is 1.75. The highest BCUT2D eigenvalue weighted by Crippen LogP contribution is 2.34. The second-order valence-electron chi connectivity index (χ2n) is 6.63. The van der Waals surface area contributed by atoms with Crippen molar-refractivity contribution in [2.24, 2.45) is 0 Å². The van der Waals surface area contributed by atoms with Crippen LogP contribution in [0.25, 0.3) is 0 Å². The van der Waals surface area contributed by atoms with E-state index in [2.05, 4.69) is 19.2 Å². The van der Waals surface area contributed by atoms with Crippen LogP contribution < -0.4 is 19.1 Å². The normalized spacial score (nSPS) is 12.9. The minimum Gasteiger partial charge on any atom is -0.454 e. The molecule has 2 aromatic rings. The molecule has 0 radical (unpaired) electrons. The summed E-state index contributed by atoms with van der Waals surface area (Å²) in [4.78, 5) is 12.4. The molecular formula is C19H22N2O5S. The maximum absolute atomic E-state index is 12.4. The molecule has 0 fully saturated rings. The van der Waals surface area contributed by atoms with Gasteiger partial charge in [0.25, 0.3) is 0 Å².